The summed E-state index contributed by atoms with van der Waals surface area (Å²) in [5.41, 5.74) is 1.42. The second-order valence-electron chi connectivity index (χ2n) is 9.61. The fourth-order valence-electron chi connectivity index (χ4n) is 5.61. The van der Waals surface area contributed by atoms with Gasteiger partial charge in [-0.15, -0.1) is 0 Å². The molecule has 0 saturated carbocycles. The molecule has 2 aliphatic heterocycles. The Labute approximate surface area is 179 Å². The number of carbonyl (C=O) groups is 1. The van der Waals surface area contributed by atoms with Crippen molar-refractivity contribution in [1.29, 1.82) is 0 Å². The first-order valence-corrected chi connectivity index (χ1v) is 12.6. The Morgan fingerprint density at radius 3 is 2.07 bits per heavy atom. The van der Waals surface area contributed by atoms with E-state index in [-0.39, 0.29) is 0 Å². The summed E-state index contributed by atoms with van der Waals surface area (Å²) in [6.07, 6.45) is 18.9. The van der Waals surface area contributed by atoms with E-state index >= 15 is 0 Å². The van der Waals surface area contributed by atoms with Gasteiger partial charge in [-0.1, -0.05) is 95.0 Å². The number of ketones is 1. The maximum atomic E-state index is 12.9. The first kappa shape index (κ1) is 22.5. The smallest absolute Gasteiger partial charge is 0.136 e. The molecule has 2 atom stereocenters. The molecule has 0 radical (unpaired) electrons. The van der Waals surface area contributed by atoms with Gasteiger partial charge >= 0.3 is 0 Å². The molecule has 2 unspecified atom stereocenters. The molecular formula is C27H43NO. The van der Waals surface area contributed by atoms with E-state index in [1.165, 1.54) is 76.2 Å². The van der Waals surface area contributed by atoms with Gasteiger partial charge in [0.25, 0.3) is 0 Å². The molecule has 2 heterocycles. The molecule has 1 aromatic rings. The average Bonchev–Trinajstić information content (AvgIpc) is 2.73. The Morgan fingerprint density at radius 2 is 1.45 bits per heavy atom. The lowest BCUT2D eigenvalue weighted by Crippen LogP contribution is -2.52. The van der Waals surface area contributed by atoms with Crippen LogP contribution >= 0.6 is 0 Å². The van der Waals surface area contributed by atoms with Crippen LogP contribution in [0.25, 0.3) is 0 Å². The number of carbonyl (C=O) groups excluding carboxylic acids is 1. The van der Waals surface area contributed by atoms with Crippen LogP contribution in [-0.2, 0) is 11.3 Å². The highest BCUT2D eigenvalue weighted by Crippen LogP contribution is 2.38. The quantitative estimate of drug-likeness (QED) is 0.325. The second-order valence-corrected chi connectivity index (χ2v) is 9.61. The molecule has 0 N–H and O–H groups in total. The summed E-state index contributed by atoms with van der Waals surface area (Å²) in [5, 5.41) is 0. The van der Waals surface area contributed by atoms with Gasteiger partial charge in [0.1, 0.15) is 5.78 Å². The third kappa shape index (κ3) is 7.24. The van der Waals surface area contributed by atoms with Crippen LogP contribution < -0.4 is 0 Å². The zero-order valence-corrected chi connectivity index (χ0v) is 18.8. The molecule has 2 heteroatoms. The lowest BCUT2D eigenvalue weighted by Gasteiger charge is -2.48. The van der Waals surface area contributed by atoms with E-state index in [0.717, 1.165) is 32.2 Å². The SMILES string of the molecule is CCCCCCCCCCCC(=O)C1CC2CCCC(C1)N2Cc1ccccc1. The minimum Gasteiger partial charge on any atom is -0.299 e. The summed E-state index contributed by atoms with van der Waals surface area (Å²) >= 11 is 0. The van der Waals surface area contributed by atoms with E-state index in [4.69, 9.17) is 0 Å². The Kier molecular flexibility index (Phi) is 9.73. The Morgan fingerprint density at radius 1 is 0.862 bits per heavy atom. The minimum atomic E-state index is 0.339. The van der Waals surface area contributed by atoms with Crippen molar-refractivity contribution in [3.63, 3.8) is 0 Å². The van der Waals surface area contributed by atoms with E-state index in [2.05, 4.69) is 42.2 Å². The van der Waals surface area contributed by atoms with Gasteiger partial charge in [-0.3, -0.25) is 9.69 Å². The number of hydrogen-bond acceptors (Lipinski definition) is 2. The molecule has 0 aliphatic carbocycles. The lowest BCUT2D eigenvalue weighted by atomic mass is 9.76. The zero-order valence-electron chi connectivity index (χ0n) is 18.8. The van der Waals surface area contributed by atoms with E-state index < -0.39 is 0 Å². The monoisotopic (exact) mass is 397 g/mol. The van der Waals surface area contributed by atoms with Gasteiger partial charge in [0, 0.05) is 31.0 Å². The standard InChI is InChI=1S/C27H43NO/c1-2-3-4-5-6-7-8-9-13-19-27(29)24-20-25-17-14-18-26(21-24)28(25)22-23-15-11-10-12-16-23/h10-12,15-16,24-26H,2-9,13-14,17-22H2,1H3. The zero-order chi connectivity index (χ0) is 20.3. The van der Waals surface area contributed by atoms with E-state index in [9.17, 15) is 4.79 Å². The summed E-state index contributed by atoms with van der Waals surface area (Å²) in [5.74, 6) is 0.913. The molecule has 2 aliphatic rings. The van der Waals surface area contributed by atoms with E-state index in [1.54, 1.807) is 0 Å². The molecule has 29 heavy (non-hydrogen) atoms. The molecule has 1 aromatic carbocycles. The van der Waals surface area contributed by atoms with Crippen LogP contribution in [0.1, 0.15) is 109 Å². The number of nitrogens with zero attached hydrogens (tertiary/aromatic N) is 1. The molecule has 0 amide bonds. The second kappa shape index (κ2) is 12.5. The average molecular weight is 398 g/mol. The first-order chi connectivity index (χ1) is 14.3. The van der Waals surface area contributed by atoms with Crippen LogP contribution in [0.2, 0.25) is 0 Å². The topological polar surface area (TPSA) is 20.3 Å². The molecule has 162 valence electrons. The molecule has 3 rings (SSSR count). The van der Waals surface area contributed by atoms with Gasteiger partial charge in [-0.2, -0.15) is 0 Å². The van der Waals surface area contributed by atoms with Crippen LogP contribution in [0, 0.1) is 5.92 Å². The van der Waals surface area contributed by atoms with E-state index in [0.29, 0.717) is 23.8 Å². The van der Waals surface area contributed by atoms with Gasteiger partial charge in [0.05, 0.1) is 0 Å². The molecule has 2 saturated heterocycles. The molecule has 2 bridgehead atoms. The largest absolute Gasteiger partial charge is 0.299 e. The summed E-state index contributed by atoms with van der Waals surface area (Å²) in [4.78, 5) is 15.6. The van der Waals surface area contributed by atoms with Crippen molar-refractivity contribution in [1.82, 2.24) is 4.90 Å². The highest BCUT2D eigenvalue weighted by molar-refractivity contribution is 5.81. The number of fused-ring (bicyclic) bond motifs is 2. The molecular weight excluding hydrogens is 354 g/mol. The maximum Gasteiger partial charge on any atom is 0.136 e. The fourth-order valence-corrected chi connectivity index (χ4v) is 5.61. The van der Waals surface area contributed by atoms with Gasteiger partial charge in [-0.05, 0) is 37.7 Å². The van der Waals surface area contributed by atoms with Crippen molar-refractivity contribution in [3.8, 4) is 0 Å². The minimum absolute atomic E-state index is 0.339. The Hall–Kier alpha value is -1.15. The summed E-state index contributed by atoms with van der Waals surface area (Å²) in [6, 6.07) is 12.1. The van der Waals surface area contributed by atoms with Crippen molar-refractivity contribution >= 4 is 5.78 Å². The number of hydrogen-bond donors (Lipinski definition) is 0. The normalized spacial score (nSPS) is 24.5. The predicted molar refractivity (Wildman–Crippen MR) is 123 cm³/mol. The molecule has 0 spiro atoms. The van der Waals surface area contributed by atoms with Crippen molar-refractivity contribution in [2.24, 2.45) is 5.92 Å². The number of benzene rings is 1. The molecule has 0 aromatic heterocycles. The Bertz CT molecular complexity index is 569. The van der Waals surface area contributed by atoms with Crippen molar-refractivity contribution in [2.45, 2.75) is 122 Å². The van der Waals surface area contributed by atoms with E-state index in [1.807, 2.05) is 0 Å². The lowest BCUT2D eigenvalue weighted by molar-refractivity contribution is -0.127. The first-order valence-electron chi connectivity index (χ1n) is 12.6. The third-order valence-corrected chi connectivity index (χ3v) is 7.32. The van der Waals surface area contributed by atoms with Crippen LogP contribution in [0.3, 0.4) is 0 Å². The summed E-state index contributed by atoms with van der Waals surface area (Å²) in [7, 11) is 0. The predicted octanol–water partition coefficient (Wildman–Crippen LogP) is 7.31. The van der Waals surface area contributed by atoms with Crippen LogP contribution in [0.15, 0.2) is 30.3 Å². The molecule has 2 fully saturated rings. The van der Waals surface area contributed by atoms with Gasteiger partial charge in [0.2, 0.25) is 0 Å². The van der Waals surface area contributed by atoms with Gasteiger partial charge in [-0.25, -0.2) is 0 Å². The van der Waals surface area contributed by atoms with Crippen LogP contribution in [0.5, 0.6) is 0 Å². The fraction of sp³-hybridized carbons (Fsp3) is 0.741. The van der Waals surface area contributed by atoms with Crippen molar-refractivity contribution < 1.29 is 4.79 Å². The van der Waals surface area contributed by atoms with Gasteiger partial charge in [0.15, 0.2) is 0 Å². The summed E-state index contributed by atoms with van der Waals surface area (Å²) in [6.45, 7) is 3.34. The maximum absolute atomic E-state index is 12.9. The van der Waals surface area contributed by atoms with Crippen LogP contribution in [-0.4, -0.2) is 22.8 Å². The number of piperidine rings is 2. The van der Waals surface area contributed by atoms with Gasteiger partial charge < -0.3 is 0 Å². The number of Topliss-reactive ketones (excluding diaryl/α,β-unsaturated/α-hetero) is 1. The third-order valence-electron chi connectivity index (χ3n) is 7.32. The van der Waals surface area contributed by atoms with Crippen LogP contribution in [0.4, 0.5) is 0 Å². The van der Waals surface area contributed by atoms with Crippen molar-refractivity contribution in [3.05, 3.63) is 35.9 Å². The molecule has 2 nitrogen and oxygen atoms in total. The highest BCUT2D eigenvalue weighted by atomic mass is 16.1. The Balaban J connectivity index is 1.35. The number of rotatable bonds is 13. The van der Waals surface area contributed by atoms with Crippen molar-refractivity contribution in [2.75, 3.05) is 0 Å². The summed E-state index contributed by atoms with van der Waals surface area (Å²) < 4.78 is 0. The number of unbranched alkanes of at least 4 members (excludes halogenated alkanes) is 8. The highest BCUT2D eigenvalue weighted by Gasteiger charge is 2.40.